The van der Waals surface area contributed by atoms with Crippen LogP contribution < -0.4 is 10.6 Å². The summed E-state index contributed by atoms with van der Waals surface area (Å²) >= 11 is 1.65. The first-order chi connectivity index (χ1) is 10.2. The first kappa shape index (κ1) is 14.1. The highest BCUT2D eigenvalue weighted by atomic mass is 32.1. The van der Waals surface area contributed by atoms with Gasteiger partial charge in [0, 0.05) is 30.6 Å². The van der Waals surface area contributed by atoms with Crippen molar-refractivity contribution in [2.24, 2.45) is 0 Å². The van der Waals surface area contributed by atoms with Gasteiger partial charge >= 0.3 is 0 Å². The summed E-state index contributed by atoms with van der Waals surface area (Å²) in [5.41, 5.74) is 3.24. The zero-order chi connectivity index (χ0) is 14.7. The fraction of sp³-hybridized carbons (Fsp3) is 0.375. The molecule has 21 heavy (non-hydrogen) atoms. The smallest absolute Gasteiger partial charge is 0.227 e. The second kappa shape index (κ2) is 6.26. The van der Waals surface area contributed by atoms with Crippen LogP contribution in [-0.2, 0) is 11.2 Å². The van der Waals surface area contributed by atoms with Crippen LogP contribution in [-0.4, -0.2) is 24.0 Å². The van der Waals surface area contributed by atoms with Crippen LogP contribution in [0.15, 0.2) is 29.6 Å². The molecule has 0 bridgehead atoms. The second-order valence-corrected chi connectivity index (χ2v) is 6.32. The van der Waals surface area contributed by atoms with E-state index in [1.165, 1.54) is 0 Å². The quantitative estimate of drug-likeness (QED) is 0.913. The topological polar surface area (TPSA) is 54.0 Å². The maximum absolute atomic E-state index is 12.4. The van der Waals surface area contributed by atoms with E-state index in [2.05, 4.69) is 21.0 Å². The molecular formula is C16H19N3OS. The first-order valence-corrected chi connectivity index (χ1v) is 8.13. The van der Waals surface area contributed by atoms with Gasteiger partial charge in [-0.05, 0) is 25.0 Å². The Morgan fingerprint density at radius 2 is 2.33 bits per heavy atom. The summed E-state index contributed by atoms with van der Waals surface area (Å²) in [4.78, 5) is 16.8. The summed E-state index contributed by atoms with van der Waals surface area (Å²) < 4.78 is 0. The number of aromatic nitrogens is 1. The van der Waals surface area contributed by atoms with Crippen molar-refractivity contribution in [3.63, 3.8) is 0 Å². The molecule has 0 saturated heterocycles. The Bertz CT molecular complexity index is 638. The first-order valence-electron chi connectivity index (χ1n) is 7.25. The minimum absolute atomic E-state index is 0.0420. The molecule has 1 aliphatic heterocycles. The van der Waals surface area contributed by atoms with Gasteiger partial charge in [-0.2, -0.15) is 0 Å². The summed E-state index contributed by atoms with van der Waals surface area (Å²) in [6.07, 6.45) is 1.64. The Kier molecular flexibility index (Phi) is 4.20. The van der Waals surface area contributed by atoms with E-state index in [0.717, 1.165) is 41.3 Å². The number of thiazole rings is 1. The van der Waals surface area contributed by atoms with Crippen LogP contribution in [0.25, 0.3) is 0 Å². The molecule has 3 rings (SSSR count). The lowest BCUT2D eigenvalue weighted by Gasteiger charge is -2.25. The zero-order valence-electron chi connectivity index (χ0n) is 12.1. The van der Waals surface area contributed by atoms with Gasteiger partial charge in [-0.1, -0.05) is 18.2 Å². The van der Waals surface area contributed by atoms with E-state index in [1.807, 2.05) is 31.2 Å². The monoisotopic (exact) mass is 301 g/mol. The number of para-hydroxylation sites is 1. The van der Waals surface area contributed by atoms with Crippen LogP contribution in [0.2, 0.25) is 0 Å². The van der Waals surface area contributed by atoms with E-state index in [9.17, 15) is 4.79 Å². The number of hydrogen-bond acceptors (Lipinski definition) is 4. The number of amides is 1. The normalized spacial score (nSPS) is 16.9. The fourth-order valence-corrected chi connectivity index (χ4v) is 3.35. The third-order valence-corrected chi connectivity index (χ3v) is 4.57. The van der Waals surface area contributed by atoms with Gasteiger partial charge in [0.2, 0.25) is 5.91 Å². The highest BCUT2D eigenvalue weighted by Crippen LogP contribution is 2.31. The molecule has 1 atom stereocenters. The molecule has 2 heterocycles. The highest BCUT2D eigenvalue weighted by Gasteiger charge is 2.25. The van der Waals surface area contributed by atoms with Crippen molar-refractivity contribution < 1.29 is 4.79 Å². The number of nitrogens with one attached hydrogen (secondary N) is 2. The molecule has 0 saturated carbocycles. The van der Waals surface area contributed by atoms with E-state index >= 15 is 0 Å². The summed E-state index contributed by atoms with van der Waals surface area (Å²) in [5.74, 6) is 0.0792. The Labute approximate surface area is 128 Å². The van der Waals surface area contributed by atoms with Crippen LogP contribution in [0, 0.1) is 6.92 Å². The molecule has 1 aromatic heterocycles. The van der Waals surface area contributed by atoms with Crippen LogP contribution in [0.4, 0.5) is 5.69 Å². The van der Waals surface area contributed by atoms with Crippen molar-refractivity contribution in [3.05, 3.63) is 45.9 Å². The van der Waals surface area contributed by atoms with E-state index < -0.39 is 0 Å². The van der Waals surface area contributed by atoms with Crippen molar-refractivity contribution in [2.45, 2.75) is 25.7 Å². The van der Waals surface area contributed by atoms with Gasteiger partial charge in [-0.3, -0.25) is 4.79 Å². The molecule has 1 amide bonds. The molecule has 1 aromatic carbocycles. The molecule has 1 unspecified atom stereocenters. The molecular weight excluding hydrogens is 282 g/mol. The van der Waals surface area contributed by atoms with Gasteiger partial charge in [-0.15, -0.1) is 11.3 Å². The van der Waals surface area contributed by atoms with Gasteiger partial charge in [0.1, 0.15) is 0 Å². The van der Waals surface area contributed by atoms with Gasteiger partial charge in [0.05, 0.1) is 16.6 Å². The number of aryl methyl sites for hydroxylation is 1. The SMILES string of the molecule is Cc1nc(CCNC(=O)C2CCNc3ccccc32)cs1. The maximum Gasteiger partial charge on any atom is 0.227 e. The van der Waals surface area contributed by atoms with Crippen LogP contribution >= 0.6 is 11.3 Å². The summed E-state index contributed by atoms with van der Waals surface area (Å²) in [7, 11) is 0. The van der Waals surface area contributed by atoms with Gasteiger partial charge in [-0.25, -0.2) is 4.98 Å². The minimum Gasteiger partial charge on any atom is -0.385 e. The summed E-state index contributed by atoms with van der Waals surface area (Å²) in [6, 6.07) is 8.06. The number of rotatable bonds is 4. The lowest BCUT2D eigenvalue weighted by Crippen LogP contribution is -2.34. The van der Waals surface area contributed by atoms with Crippen molar-refractivity contribution in [1.29, 1.82) is 0 Å². The standard InChI is InChI=1S/C16H19N3OS/c1-11-19-12(10-21-11)6-8-18-16(20)14-7-9-17-15-5-3-2-4-13(14)15/h2-5,10,14,17H,6-9H2,1H3,(H,18,20). The number of benzene rings is 1. The van der Waals surface area contributed by atoms with Crippen LogP contribution in [0.5, 0.6) is 0 Å². The van der Waals surface area contributed by atoms with Crippen molar-refractivity contribution in [2.75, 3.05) is 18.4 Å². The van der Waals surface area contributed by atoms with Gasteiger partial charge < -0.3 is 10.6 Å². The number of carbonyl (C=O) groups is 1. The molecule has 5 heteroatoms. The van der Waals surface area contributed by atoms with E-state index in [1.54, 1.807) is 11.3 Å². The lowest BCUT2D eigenvalue weighted by molar-refractivity contribution is -0.122. The van der Waals surface area contributed by atoms with Gasteiger partial charge in [0.15, 0.2) is 0 Å². The molecule has 110 valence electrons. The summed E-state index contributed by atoms with van der Waals surface area (Å²) in [5, 5.41) is 9.52. The number of nitrogens with zero attached hydrogens (tertiary/aromatic N) is 1. The van der Waals surface area contributed by atoms with E-state index in [4.69, 9.17) is 0 Å². The van der Waals surface area contributed by atoms with Crippen LogP contribution in [0.1, 0.15) is 28.6 Å². The van der Waals surface area contributed by atoms with Crippen molar-refractivity contribution >= 4 is 22.9 Å². The molecule has 0 fully saturated rings. The predicted molar refractivity (Wildman–Crippen MR) is 85.9 cm³/mol. The average molecular weight is 301 g/mol. The predicted octanol–water partition coefficient (Wildman–Crippen LogP) is 2.71. The van der Waals surface area contributed by atoms with Crippen molar-refractivity contribution in [3.8, 4) is 0 Å². The third-order valence-electron chi connectivity index (χ3n) is 3.75. The Balaban J connectivity index is 1.59. The largest absolute Gasteiger partial charge is 0.385 e. The van der Waals surface area contributed by atoms with Crippen LogP contribution in [0.3, 0.4) is 0 Å². The van der Waals surface area contributed by atoms with E-state index in [-0.39, 0.29) is 11.8 Å². The zero-order valence-corrected chi connectivity index (χ0v) is 12.9. The number of anilines is 1. The Morgan fingerprint density at radius 3 is 3.14 bits per heavy atom. The molecule has 0 aliphatic carbocycles. The van der Waals surface area contributed by atoms with E-state index in [0.29, 0.717) is 6.54 Å². The fourth-order valence-electron chi connectivity index (χ4n) is 2.70. The highest BCUT2D eigenvalue weighted by molar-refractivity contribution is 7.09. The second-order valence-electron chi connectivity index (χ2n) is 5.25. The molecule has 0 radical (unpaired) electrons. The Hall–Kier alpha value is -1.88. The van der Waals surface area contributed by atoms with Crippen molar-refractivity contribution in [1.82, 2.24) is 10.3 Å². The minimum atomic E-state index is -0.0420. The Morgan fingerprint density at radius 1 is 1.48 bits per heavy atom. The average Bonchev–Trinajstić information content (AvgIpc) is 2.92. The summed E-state index contributed by atoms with van der Waals surface area (Å²) in [6.45, 7) is 3.49. The molecule has 4 nitrogen and oxygen atoms in total. The number of hydrogen-bond donors (Lipinski definition) is 2. The molecule has 2 aromatic rings. The lowest BCUT2D eigenvalue weighted by atomic mass is 9.90. The maximum atomic E-state index is 12.4. The van der Waals surface area contributed by atoms with Gasteiger partial charge in [0.25, 0.3) is 0 Å². The number of carbonyl (C=O) groups excluding carboxylic acids is 1. The molecule has 1 aliphatic rings. The molecule has 2 N–H and O–H groups in total. The third kappa shape index (κ3) is 3.24. The molecule has 0 spiro atoms. The number of fused-ring (bicyclic) bond motifs is 1.